The van der Waals surface area contributed by atoms with E-state index in [2.05, 4.69) is 15.3 Å². The Balaban J connectivity index is 1.55. The maximum atomic E-state index is 12.1. The minimum atomic E-state index is -0.0515. The lowest BCUT2D eigenvalue weighted by molar-refractivity contribution is -0.115. The number of anilines is 1. The number of thioether (sulfide) groups is 1. The molecule has 0 aliphatic carbocycles. The summed E-state index contributed by atoms with van der Waals surface area (Å²) in [6.45, 7) is 0. The molecule has 128 valence electrons. The van der Waals surface area contributed by atoms with E-state index >= 15 is 0 Å². The molecular formula is C18H17N3O2S2. The van der Waals surface area contributed by atoms with Gasteiger partial charge in [0.15, 0.2) is 5.13 Å². The van der Waals surface area contributed by atoms with Crippen molar-refractivity contribution in [3.63, 3.8) is 0 Å². The number of pyridine rings is 1. The zero-order valence-electron chi connectivity index (χ0n) is 13.6. The molecule has 0 atom stereocenters. The molecule has 5 nitrogen and oxygen atoms in total. The Bertz CT molecular complexity index is 837. The number of thiazole rings is 1. The molecule has 3 rings (SSSR count). The van der Waals surface area contributed by atoms with Gasteiger partial charge in [-0.3, -0.25) is 4.79 Å². The molecule has 25 heavy (non-hydrogen) atoms. The number of hydrogen-bond acceptors (Lipinski definition) is 6. The zero-order valence-corrected chi connectivity index (χ0v) is 15.3. The van der Waals surface area contributed by atoms with Crippen molar-refractivity contribution in [3.05, 3.63) is 54.0 Å². The molecule has 0 unspecified atom stereocenters. The summed E-state index contributed by atoms with van der Waals surface area (Å²) >= 11 is 2.96. The molecule has 2 aromatic heterocycles. The second-order valence-electron chi connectivity index (χ2n) is 5.05. The van der Waals surface area contributed by atoms with Crippen LogP contribution in [0.3, 0.4) is 0 Å². The number of rotatable bonds is 7. The number of methoxy groups -OCH3 is 1. The molecule has 0 bridgehead atoms. The Kier molecular flexibility index (Phi) is 6.03. The zero-order chi connectivity index (χ0) is 17.5. The van der Waals surface area contributed by atoms with E-state index in [1.807, 2.05) is 47.8 Å². The van der Waals surface area contributed by atoms with Gasteiger partial charge in [-0.25, -0.2) is 9.97 Å². The van der Waals surface area contributed by atoms with E-state index in [1.165, 1.54) is 11.3 Å². The molecule has 1 N–H and O–H groups in total. The molecule has 1 amide bonds. The quantitative estimate of drug-likeness (QED) is 0.626. The third kappa shape index (κ3) is 4.80. The lowest BCUT2D eigenvalue weighted by atomic mass is 10.1. The van der Waals surface area contributed by atoms with Gasteiger partial charge in [-0.2, -0.15) is 0 Å². The summed E-state index contributed by atoms with van der Waals surface area (Å²) in [4.78, 5) is 20.8. The fourth-order valence-electron chi connectivity index (χ4n) is 2.17. The van der Waals surface area contributed by atoms with Crippen molar-refractivity contribution >= 4 is 34.1 Å². The van der Waals surface area contributed by atoms with Gasteiger partial charge in [-0.1, -0.05) is 18.2 Å². The van der Waals surface area contributed by atoms with E-state index < -0.39 is 0 Å². The van der Waals surface area contributed by atoms with Crippen LogP contribution in [0.1, 0.15) is 6.42 Å². The van der Waals surface area contributed by atoms with Crippen LogP contribution in [0.2, 0.25) is 0 Å². The van der Waals surface area contributed by atoms with Crippen LogP contribution < -0.4 is 10.1 Å². The lowest BCUT2D eigenvalue weighted by Crippen LogP contribution is -2.12. The second-order valence-corrected chi connectivity index (χ2v) is 7.03. The molecule has 1 aromatic carbocycles. The van der Waals surface area contributed by atoms with Crippen LogP contribution in [-0.4, -0.2) is 28.7 Å². The third-order valence-corrected chi connectivity index (χ3v) is 5.05. The van der Waals surface area contributed by atoms with E-state index in [9.17, 15) is 4.79 Å². The van der Waals surface area contributed by atoms with E-state index in [1.54, 1.807) is 25.1 Å². The molecule has 7 heteroatoms. The largest absolute Gasteiger partial charge is 0.496 e. The maximum absolute atomic E-state index is 12.1. The summed E-state index contributed by atoms with van der Waals surface area (Å²) in [6.07, 6.45) is 2.15. The van der Waals surface area contributed by atoms with Crippen LogP contribution in [0.25, 0.3) is 11.3 Å². The van der Waals surface area contributed by atoms with Crippen LogP contribution in [0, 0.1) is 0 Å². The third-order valence-electron chi connectivity index (χ3n) is 3.35. The topological polar surface area (TPSA) is 64.1 Å². The van der Waals surface area contributed by atoms with Gasteiger partial charge in [-0.05, 0) is 24.3 Å². The number of para-hydroxylation sites is 1. The molecule has 0 radical (unpaired) electrons. The van der Waals surface area contributed by atoms with Crippen molar-refractivity contribution in [2.45, 2.75) is 11.4 Å². The Morgan fingerprint density at radius 3 is 2.88 bits per heavy atom. The Labute approximate surface area is 154 Å². The van der Waals surface area contributed by atoms with Gasteiger partial charge in [-0.15, -0.1) is 23.1 Å². The highest BCUT2D eigenvalue weighted by molar-refractivity contribution is 7.99. The molecule has 0 saturated heterocycles. The maximum Gasteiger partial charge on any atom is 0.226 e. The number of carbonyl (C=O) groups is 1. The van der Waals surface area contributed by atoms with Crippen LogP contribution in [0.5, 0.6) is 5.75 Å². The number of amides is 1. The van der Waals surface area contributed by atoms with Gasteiger partial charge < -0.3 is 10.1 Å². The molecule has 3 aromatic rings. The summed E-state index contributed by atoms with van der Waals surface area (Å²) in [7, 11) is 1.63. The van der Waals surface area contributed by atoms with Crippen molar-refractivity contribution in [2.75, 3.05) is 18.2 Å². The van der Waals surface area contributed by atoms with Gasteiger partial charge in [0.25, 0.3) is 0 Å². The van der Waals surface area contributed by atoms with Crippen molar-refractivity contribution in [1.29, 1.82) is 0 Å². The standard InChI is InChI=1S/C18H17N3O2S2/c1-23-15-7-3-2-6-13(15)14-12-25-18(20-14)21-16(22)9-11-24-17-8-4-5-10-19-17/h2-8,10,12H,9,11H2,1H3,(H,20,21,22). The highest BCUT2D eigenvalue weighted by atomic mass is 32.2. The average molecular weight is 371 g/mol. The van der Waals surface area contributed by atoms with Crippen molar-refractivity contribution in [2.24, 2.45) is 0 Å². The van der Waals surface area contributed by atoms with Gasteiger partial charge in [0.05, 0.1) is 17.8 Å². The highest BCUT2D eigenvalue weighted by Crippen LogP contribution is 2.31. The Morgan fingerprint density at radius 1 is 1.24 bits per heavy atom. The Morgan fingerprint density at radius 2 is 2.08 bits per heavy atom. The minimum Gasteiger partial charge on any atom is -0.496 e. The molecular weight excluding hydrogens is 354 g/mol. The van der Waals surface area contributed by atoms with E-state index in [0.717, 1.165) is 22.0 Å². The van der Waals surface area contributed by atoms with Crippen molar-refractivity contribution < 1.29 is 9.53 Å². The number of carbonyl (C=O) groups excluding carboxylic acids is 1. The number of ether oxygens (including phenoxy) is 1. The number of benzene rings is 1. The number of nitrogens with one attached hydrogen (secondary N) is 1. The molecule has 0 saturated carbocycles. The summed E-state index contributed by atoms with van der Waals surface area (Å²) in [5.41, 5.74) is 1.70. The first-order chi connectivity index (χ1) is 12.3. The van der Waals surface area contributed by atoms with Gasteiger partial charge in [0.2, 0.25) is 5.91 Å². The van der Waals surface area contributed by atoms with E-state index in [4.69, 9.17) is 4.74 Å². The first kappa shape index (κ1) is 17.4. The van der Waals surface area contributed by atoms with Crippen LogP contribution in [-0.2, 0) is 4.79 Å². The van der Waals surface area contributed by atoms with Gasteiger partial charge >= 0.3 is 0 Å². The molecule has 0 aliphatic rings. The summed E-state index contributed by atoms with van der Waals surface area (Å²) in [5, 5.41) is 6.27. The fraction of sp³-hybridized carbons (Fsp3) is 0.167. The summed E-state index contributed by atoms with van der Waals surface area (Å²) < 4.78 is 5.35. The van der Waals surface area contributed by atoms with Crippen LogP contribution in [0.15, 0.2) is 59.1 Å². The molecule has 0 spiro atoms. The van der Waals surface area contributed by atoms with E-state index in [-0.39, 0.29) is 5.91 Å². The SMILES string of the molecule is COc1ccccc1-c1csc(NC(=O)CCSc2ccccn2)n1. The molecule has 2 heterocycles. The number of hydrogen-bond donors (Lipinski definition) is 1. The van der Waals surface area contributed by atoms with Gasteiger partial charge in [0, 0.05) is 29.3 Å². The summed E-state index contributed by atoms with van der Waals surface area (Å²) in [6, 6.07) is 13.4. The van der Waals surface area contributed by atoms with Crippen LogP contribution >= 0.6 is 23.1 Å². The minimum absolute atomic E-state index is 0.0515. The normalized spacial score (nSPS) is 10.4. The fourth-order valence-corrected chi connectivity index (χ4v) is 3.71. The average Bonchev–Trinajstić information content (AvgIpc) is 3.10. The number of aromatic nitrogens is 2. The van der Waals surface area contributed by atoms with Gasteiger partial charge in [0.1, 0.15) is 5.75 Å². The monoisotopic (exact) mass is 371 g/mol. The number of nitrogens with zero attached hydrogens (tertiary/aromatic N) is 2. The second kappa shape index (κ2) is 8.64. The Hall–Kier alpha value is -2.38. The molecule has 0 aliphatic heterocycles. The van der Waals surface area contributed by atoms with Crippen LogP contribution in [0.4, 0.5) is 5.13 Å². The first-order valence-electron chi connectivity index (χ1n) is 7.69. The predicted molar refractivity (Wildman–Crippen MR) is 102 cm³/mol. The van der Waals surface area contributed by atoms with E-state index in [0.29, 0.717) is 17.3 Å². The van der Waals surface area contributed by atoms with Crippen molar-refractivity contribution in [3.8, 4) is 17.0 Å². The smallest absolute Gasteiger partial charge is 0.226 e. The predicted octanol–water partition coefficient (Wildman–Crippen LogP) is 4.33. The summed E-state index contributed by atoms with van der Waals surface area (Å²) in [5.74, 6) is 1.38. The lowest BCUT2D eigenvalue weighted by Gasteiger charge is -2.05. The molecule has 0 fully saturated rings. The highest BCUT2D eigenvalue weighted by Gasteiger charge is 2.11. The van der Waals surface area contributed by atoms with Crippen molar-refractivity contribution in [1.82, 2.24) is 9.97 Å². The first-order valence-corrected chi connectivity index (χ1v) is 9.55.